The van der Waals surface area contributed by atoms with Crippen LogP contribution in [0.1, 0.15) is 10.4 Å². The van der Waals surface area contributed by atoms with Crippen LogP contribution in [0.2, 0.25) is 0 Å². The van der Waals surface area contributed by atoms with Gasteiger partial charge in [0.1, 0.15) is 4.99 Å². The van der Waals surface area contributed by atoms with Gasteiger partial charge in [-0.25, -0.2) is 0 Å². The van der Waals surface area contributed by atoms with Gasteiger partial charge in [-0.15, -0.1) is 0 Å². The van der Waals surface area contributed by atoms with E-state index >= 15 is 0 Å². The molecule has 92 valence electrons. The number of carbonyl (C=O) groups is 2. The van der Waals surface area contributed by atoms with Crippen molar-refractivity contribution in [1.82, 2.24) is 5.32 Å². The lowest BCUT2D eigenvalue weighted by atomic mass is 10.1. The Bertz CT molecular complexity index is 508. The van der Waals surface area contributed by atoms with E-state index in [0.29, 0.717) is 5.56 Å². The molecule has 0 bridgehead atoms. The fraction of sp³-hybridized carbons (Fsp3) is 0.167. The average molecular weight is 262 g/mol. The Kier molecular flexibility index (Phi) is 4.96. The summed E-state index contributed by atoms with van der Waals surface area (Å²) in [6.45, 7) is 0. The Morgan fingerprint density at radius 1 is 1.39 bits per heavy atom. The Balaban J connectivity index is 2.74. The first-order chi connectivity index (χ1) is 8.60. The van der Waals surface area contributed by atoms with Gasteiger partial charge in [-0.2, -0.15) is 5.26 Å². The Morgan fingerprint density at radius 2 is 2.00 bits per heavy atom. The zero-order valence-corrected chi connectivity index (χ0v) is 10.4. The van der Waals surface area contributed by atoms with E-state index in [1.165, 1.54) is 0 Å². The van der Waals surface area contributed by atoms with Crippen molar-refractivity contribution in [3.8, 4) is 6.07 Å². The third-order valence-corrected chi connectivity index (χ3v) is 2.44. The highest BCUT2D eigenvalue weighted by molar-refractivity contribution is 7.80. The highest BCUT2D eigenvalue weighted by atomic mass is 32.1. The number of hydrogen-bond donors (Lipinski definition) is 1. The molecule has 1 unspecified atom stereocenters. The highest BCUT2D eigenvalue weighted by Gasteiger charge is 2.25. The summed E-state index contributed by atoms with van der Waals surface area (Å²) in [5.41, 5.74) is 0.390. The number of ether oxygens (including phenoxy) is 1. The molecule has 18 heavy (non-hydrogen) atoms. The molecule has 0 saturated carbocycles. The standard InChI is InChI=1S/C12H10N2O3S/c1-17-12(16)9(7-13)11(18)14-10(15)8-5-3-2-4-6-8/h2-6,9H,1H3,(H,14,15,18). The summed E-state index contributed by atoms with van der Waals surface area (Å²) in [5, 5.41) is 11.1. The molecule has 0 aliphatic carbocycles. The minimum atomic E-state index is -1.28. The van der Waals surface area contributed by atoms with Crippen LogP contribution in [0.25, 0.3) is 0 Å². The van der Waals surface area contributed by atoms with Gasteiger partial charge in [-0.1, -0.05) is 30.4 Å². The Hall–Kier alpha value is -2.26. The first-order valence-electron chi connectivity index (χ1n) is 4.98. The van der Waals surface area contributed by atoms with Crippen LogP contribution in [0, 0.1) is 17.2 Å². The van der Waals surface area contributed by atoms with E-state index in [9.17, 15) is 9.59 Å². The van der Waals surface area contributed by atoms with Gasteiger partial charge in [-0.3, -0.25) is 9.59 Å². The number of carbonyl (C=O) groups excluding carboxylic acids is 2. The first kappa shape index (κ1) is 13.8. The lowest BCUT2D eigenvalue weighted by molar-refractivity contribution is -0.141. The number of hydrogen-bond acceptors (Lipinski definition) is 5. The lowest BCUT2D eigenvalue weighted by Crippen LogP contribution is -2.37. The van der Waals surface area contributed by atoms with Gasteiger partial charge in [0.25, 0.3) is 5.91 Å². The SMILES string of the molecule is COC(=O)C(C#N)C(=S)NC(=O)c1ccccc1. The van der Waals surface area contributed by atoms with Crippen LogP contribution < -0.4 is 5.32 Å². The van der Waals surface area contributed by atoms with Crippen LogP contribution in [0.4, 0.5) is 0 Å². The minimum absolute atomic E-state index is 0.168. The van der Waals surface area contributed by atoms with Crippen LogP contribution in [0.5, 0.6) is 0 Å². The fourth-order valence-electron chi connectivity index (χ4n) is 1.18. The molecule has 1 rings (SSSR count). The summed E-state index contributed by atoms with van der Waals surface area (Å²) >= 11 is 4.84. The van der Waals surface area contributed by atoms with Crippen molar-refractivity contribution in [2.24, 2.45) is 5.92 Å². The molecule has 0 aliphatic rings. The fourth-order valence-corrected chi connectivity index (χ4v) is 1.42. The van der Waals surface area contributed by atoms with E-state index in [0.717, 1.165) is 7.11 Å². The van der Waals surface area contributed by atoms with Gasteiger partial charge in [0.15, 0.2) is 5.92 Å². The second-order valence-corrected chi connectivity index (χ2v) is 3.71. The zero-order chi connectivity index (χ0) is 13.5. The number of benzene rings is 1. The monoisotopic (exact) mass is 262 g/mol. The Labute approximate surface area is 109 Å². The molecule has 0 radical (unpaired) electrons. The maximum absolute atomic E-state index is 11.7. The minimum Gasteiger partial charge on any atom is -0.468 e. The van der Waals surface area contributed by atoms with Crippen LogP contribution in [-0.2, 0) is 9.53 Å². The first-order valence-corrected chi connectivity index (χ1v) is 5.38. The predicted octanol–water partition coefficient (Wildman–Crippen LogP) is 1.06. The second kappa shape index (κ2) is 6.47. The predicted molar refractivity (Wildman–Crippen MR) is 67.6 cm³/mol. The summed E-state index contributed by atoms with van der Waals surface area (Å²) < 4.78 is 4.41. The third kappa shape index (κ3) is 3.37. The summed E-state index contributed by atoms with van der Waals surface area (Å²) in [6, 6.07) is 10.0. The molecule has 1 N–H and O–H groups in total. The topological polar surface area (TPSA) is 79.2 Å². The molecule has 0 aliphatic heterocycles. The highest BCUT2D eigenvalue weighted by Crippen LogP contribution is 2.03. The summed E-state index contributed by atoms with van der Waals surface area (Å²) in [6.07, 6.45) is 0. The van der Waals surface area contributed by atoms with Crippen molar-refractivity contribution >= 4 is 29.1 Å². The molecule has 0 saturated heterocycles. The van der Waals surface area contributed by atoms with E-state index in [2.05, 4.69) is 10.1 Å². The molecule has 0 heterocycles. The second-order valence-electron chi connectivity index (χ2n) is 3.27. The van der Waals surface area contributed by atoms with E-state index in [1.807, 2.05) is 0 Å². The number of rotatable bonds is 3. The van der Waals surface area contributed by atoms with E-state index in [4.69, 9.17) is 17.5 Å². The molecule has 5 nitrogen and oxygen atoms in total. The van der Waals surface area contributed by atoms with E-state index < -0.39 is 17.8 Å². The molecular weight excluding hydrogens is 252 g/mol. The lowest BCUT2D eigenvalue weighted by Gasteiger charge is -2.10. The quantitative estimate of drug-likeness (QED) is 0.650. The van der Waals surface area contributed by atoms with Crippen LogP contribution in [-0.4, -0.2) is 24.0 Å². The number of nitrogens with zero attached hydrogens (tertiary/aromatic N) is 1. The van der Waals surface area contributed by atoms with E-state index in [-0.39, 0.29) is 4.99 Å². The summed E-state index contributed by atoms with van der Waals surface area (Å²) in [7, 11) is 1.15. The van der Waals surface area contributed by atoms with Crippen molar-refractivity contribution in [3.63, 3.8) is 0 Å². The molecule has 1 aromatic rings. The largest absolute Gasteiger partial charge is 0.468 e. The number of amides is 1. The Morgan fingerprint density at radius 3 is 2.50 bits per heavy atom. The number of esters is 1. The van der Waals surface area contributed by atoms with Crippen LogP contribution >= 0.6 is 12.2 Å². The number of thiocarbonyl (C=S) groups is 1. The third-order valence-electron chi connectivity index (χ3n) is 2.10. The number of nitriles is 1. The van der Waals surface area contributed by atoms with Crippen LogP contribution in [0.15, 0.2) is 30.3 Å². The average Bonchev–Trinajstić information content (AvgIpc) is 2.40. The molecule has 0 aromatic heterocycles. The molecule has 0 fully saturated rings. The molecule has 1 aromatic carbocycles. The van der Waals surface area contributed by atoms with Gasteiger partial charge < -0.3 is 10.1 Å². The van der Waals surface area contributed by atoms with Gasteiger partial charge in [0.2, 0.25) is 0 Å². The number of methoxy groups -OCH3 is 1. The van der Waals surface area contributed by atoms with Gasteiger partial charge in [-0.05, 0) is 12.1 Å². The van der Waals surface area contributed by atoms with E-state index in [1.54, 1.807) is 36.4 Å². The van der Waals surface area contributed by atoms with Crippen molar-refractivity contribution < 1.29 is 14.3 Å². The van der Waals surface area contributed by atoms with Crippen molar-refractivity contribution in [2.75, 3.05) is 7.11 Å². The molecule has 1 amide bonds. The van der Waals surface area contributed by atoms with Gasteiger partial charge in [0.05, 0.1) is 13.2 Å². The molecule has 1 atom stereocenters. The van der Waals surface area contributed by atoms with Crippen molar-refractivity contribution in [2.45, 2.75) is 0 Å². The molecule has 0 spiro atoms. The molecular formula is C12H10N2O3S. The van der Waals surface area contributed by atoms with Crippen molar-refractivity contribution in [3.05, 3.63) is 35.9 Å². The zero-order valence-electron chi connectivity index (χ0n) is 9.54. The van der Waals surface area contributed by atoms with Crippen molar-refractivity contribution in [1.29, 1.82) is 5.26 Å². The summed E-state index contributed by atoms with van der Waals surface area (Å²) in [4.78, 5) is 22.8. The van der Waals surface area contributed by atoms with Gasteiger partial charge >= 0.3 is 5.97 Å². The maximum atomic E-state index is 11.7. The summed E-state index contributed by atoms with van der Waals surface area (Å²) in [5.74, 6) is -2.54. The number of nitrogens with one attached hydrogen (secondary N) is 1. The smallest absolute Gasteiger partial charge is 0.330 e. The normalized spacial score (nSPS) is 10.9. The van der Waals surface area contributed by atoms with Gasteiger partial charge in [0, 0.05) is 5.56 Å². The molecule has 6 heteroatoms. The maximum Gasteiger partial charge on any atom is 0.330 e. The van der Waals surface area contributed by atoms with Crippen LogP contribution in [0.3, 0.4) is 0 Å².